The second-order valence-corrected chi connectivity index (χ2v) is 9.27. The number of carbonyl (C=O) groups is 1. The molecule has 0 saturated carbocycles. The van der Waals surface area contributed by atoms with E-state index in [0.29, 0.717) is 11.5 Å². The van der Waals surface area contributed by atoms with Crippen LogP contribution in [0.5, 0.6) is 0 Å². The zero-order chi connectivity index (χ0) is 23.4. The fourth-order valence-electron chi connectivity index (χ4n) is 3.73. The second kappa shape index (κ2) is 9.96. The summed E-state index contributed by atoms with van der Waals surface area (Å²) in [5.74, 6) is 0.453. The van der Waals surface area contributed by atoms with E-state index in [2.05, 4.69) is 64.8 Å². The number of amides is 1. The van der Waals surface area contributed by atoms with Crippen LogP contribution in [0, 0.1) is 20.8 Å². The number of benzene rings is 2. The van der Waals surface area contributed by atoms with Crippen molar-refractivity contribution < 1.29 is 4.79 Å². The van der Waals surface area contributed by atoms with Crippen molar-refractivity contribution in [3.63, 3.8) is 0 Å². The second-order valence-electron chi connectivity index (χ2n) is 8.13. The molecule has 0 fully saturated rings. The minimum atomic E-state index is -0.213. The molecule has 168 valence electrons. The first-order chi connectivity index (χ1) is 15.9. The van der Waals surface area contributed by atoms with Crippen molar-refractivity contribution in [1.82, 2.24) is 9.97 Å². The Bertz CT molecular complexity index is 1230. The quantitative estimate of drug-likeness (QED) is 0.334. The lowest BCUT2D eigenvalue weighted by atomic mass is 9.99. The molecule has 0 aliphatic heterocycles. The molecule has 1 amide bonds. The first-order valence-electron chi connectivity index (χ1n) is 11.1. The monoisotopic (exact) mass is 456 g/mol. The molecule has 2 heterocycles. The van der Waals surface area contributed by atoms with Crippen LogP contribution in [0.1, 0.15) is 56.3 Å². The molecule has 4 rings (SSSR count). The fraction of sp³-hybridized carbons (Fsp3) is 0.222. The van der Waals surface area contributed by atoms with Crippen LogP contribution in [-0.2, 0) is 6.42 Å². The molecular formula is C27H28N4OS. The van der Waals surface area contributed by atoms with Crippen molar-refractivity contribution in [2.24, 2.45) is 0 Å². The van der Waals surface area contributed by atoms with Gasteiger partial charge in [0.25, 0.3) is 5.91 Å². The number of hydrogen-bond acceptors (Lipinski definition) is 5. The van der Waals surface area contributed by atoms with Crippen LogP contribution in [0.2, 0.25) is 0 Å². The summed E-state index contributed by atoms with van der Waals surface area (Å²) >= 11 is 1.61. The number of aromatic nitrogens is 2. The number of hydrogen-bond donors (Lipinski definition) is 2. The van der Waals surface area contributed by atoms with Gasteiger partial charge in [-0.15, -0.1) is 11.3 Å². The average Bonchev–Trinajstić information content (AvgIpc) is 3.20. The molecule has 33 heavy (non-hydrogen) atoms. The van der Waals surface area contributed by atoms with Gasteiger partial charge in [0.05, 0.1) is 6.04 Å². The average molecular weight is 457 g/mol. The number of nitrogens with zero attached hydrogens (tertiary/aromatic N) is 2. The van der Waals surface area contributed by atoms with Gasteiger partial charge in [-0.1, -0.05) is 55.0 Å². The highest BCUT2D eigenvalue weighted by Crippen LogP contribution is 2.38. The highest BCUT2D eigenvalue weighted by atomic mass is 32.1. The molecule has 0 saturated heterocycles. The van der Waals surface area contributed by atoms with Gasteiger partial charge in [-0.2, -0.15) is 0 Å². The van der Waals surface area contributed by atoms with Crippen LogP contribution >= 0.6 is 11.3 Å². The van der Waals surface area contributed by atoms with E-state index in [1.165, 1.54) is 10.4 Å². The molecule has 2 aromatic carbocycles. The highest BCUT2D eigenvalue weighted by Gasteiger charge is 2.23. The summed E-state index contributed by atoms with van der Waals surface area (Å²) in [5.41, 5.74) is 5.73. The molecule has 6 heteroatoms. The highest BCUT2D eigenvalue weighted by molar-refractivity contribution is 7.16. The number of carbonyl (C=O) groups excluding carboxylic acids is 1. The molecule has 0 aliphatic rings. The van der Waals surface area contributed by atoms with E-state index in [0.717, 1.165) is 33.9 Å². The number of thiophene rings is 1. The lowest BCUT2D eigenvalue weighted by molar-refractivity contribution is 0.102. The SMILES string of the molecule is CCc1cc([C@H](Nc2nc(C)cc(C)n2)c2ccc(C)cc2)c(NC(=O)c2ccccc2)s1. The fourth-order valence-corrected chi connectivity index (χ4v) is 4.76. The summed E-state index contributed by atoms with van der Waals surface area (Å²) in [5, 5.41) is 7.52. The third-order valence-electron chi connectivity index (χ3n) is 5.40. The smallest absolute Gasteiger partial charge is 0.256 e. The summed E-state index contributed by atoms with van der Waals surface area (Å²) in [6.07, 6.45) is 0.888. The van der Waals surface area contributed by atoms with Gasteiger partial charge in [0, 0.05) is 27.4 Å². The van der Waals surface area contributed by atoms with Gasteiger partial charge < -0.3 is 10.6 Å². The van der Waals surface area contributed by atoms with Crippen LogP contribution in [0.15, 0.2) is 66.7 Å². The maximum absolute atomic E-state index is 13.0. The molecular weight excluding hydrogens is 428 g/mol. The lowest BCUT2D eigenvalue weighted by Crippen LogP contribution is -2.18. The lowest BCUT2D eigenvalue weighted by Gasteiger charge is -2.21. The van der Waals surface area contributed by atoms with Gasteiger partial charge in [0.1, 0.15) is 5.00 Å². The molecule has 0 bridgehead atoms. The molecule has 1 atom stereocenters. The van der Waals surface area contributed by atoms with E-state index in [1.54, 1.807) is 11.3 Å². The maximum atomic E-state index is 13.0. The zero-order valence-corrected chi connectivity index (χ0v) is 20.2. The number of aryl methyl sites for hydroxylation is 4. The van der Waals surface area contributed by atoms with Gasteiger partial charge in [0.15, 0.2) is 0 Å². The van der Waals surface area contributed by atoms with Crippen molar-refractivity contribution in [3.05, 3.63) is 105 Å². The summed E-state index contributed by atoms with van der Waals surface area (Å²) < 4.78 is 0. The summed E-state index contributed by atoms with van der Waals surface area (Å²) in [7, 11) is 0. The third kappa shape index (κ3) is 5.46. The first-order valence-corrected chi connectivity index (χ1v) is 11.9. The Hall–Kier alpha value is -3.51. The Morgan fingerprint density at radius 1 is 0.939 bits per heavy atom. The molecule has 0 aliphatic carbocycles. The van der Waals surface area contributed by atoms with E-state index in [9.17, 15) is 4.79 Å². The normalized spacial score (nSPS) is 11.8. The largest absolute Gasteiger partial charge is 0.343 e. The minimum absolute atomic E-state index is 0.119. The Balaban J connectivity index is 1.76. The number of rotatable bonds is 7. The van der Waals surface area contributed by atoms with Crippen molar-refractivity contribution >= 4 is 28.2 Å². The molecule has 2 aromatic heterocycles. The van der Waals surface area contributed by atoms with Gasteiger partial charge in [-0.3, -0.25) is 4.79 Å². The Morgan fingerprint density at radius 3 is 2.24 bits per heavy atom. The van der Waals surface area contributed by atoms with Crippen LogP contribution < -0.4 is 10.6 Å². The maximum Gasteiger partial charge on any atom is 0.256 e. The Morgan fingerprint density at radius 2 is 1.61 bits per heavy atom. The van der Waals surface area contributed by atoms with E-state index in [4.69, 9.17) is 0 Å². The predicted molar refractivity (Wildman–Crippen MR) is 136 cm³/mol. The third-order valence-corrected chi connectivity index (χ3v) is 6.61. The molecule has 0 spiro atoms. The van der Waals surface area contributed by atoms with E-state index >= 15 is 0 Å². The van der Waals surface area contributed by atoms with E-state index in [1.807, 2.05) is 50.2 Å². The van der Waals surface area contributed by atoms with Crippen molar-refractivity contribution in [2.75, 3.05) is 10.6 Å². The van der Waals surface area contributed by atoms with Crippen molar-refractivity contribution in [2.45, 2.75) is 40.2 Å². The van der Waals surface area contributed by atoms with Crippen LogP contribution in [0.4, 0.5) is 10.9 Å². The molecule has 4 aromatic rings. The van der Waals surface area contributed by atoms with Gasteiger partial charge >= 0.3 is 0 Å². The molecule has 2 N–H and O–H groups in total. The van der Waals surface area contributed by atoms with Gasteiger partial charge in [0.2, 0.25) is 5.95 Å². The summed E-state index contributed by atoms with van der Waals surface area (Å²) in [4.78, 5) is 23.4. The Kier molecular flexibility index (Phi) is 6.84. The molecule has 0 unspecified atom stereocenters. The predicted octanol–water partition coefficient (Wildman–Crippen LogP) is 6.48. The van der Waals surface area contributed by atoms with E-state index in [-0.39, 0.29) is 11.9 Å². The van der Waals surface area contributed by atoms with Gasteiger partial charge in [-0.25, -0.2) is 9.97 Å². The van der Waals surface area contributed by atoms with Crippen molar-refractivity contribution in [3.8, 4) is 0 Å². The zero-order valence-electron chi connectivity index (χ0n) is 19.3. The van der Waals surface area contributed by atoms with Crippen LogP contribution in [-0.4, -0.2) is 15.9 Å². The first kappa shape index (κ1) is 22.7. The minimum Gasteiger partial charge on any atom is -0.343 e. The van der Waals surface area contributed by atoms with Crippen LogP contribution in [0.3, 0.4) is 0 Å². The van der Waals surface area contributed by atoms with Crippen LogP contribution in [0.25, 0.3) is 0 Å². The van der Waals surface area contributed by atoms with E-state index < -0.39 is 0 Å². The topological polar surface area (TPSA) is 66.9 Å². The summed E-state index contributed by atoms with van der Waals surface area (Å²) in [6, 6.07) is 21.6. The standard InChI is InChI=1S/C27H28N4OS/c1-5-22-16-23(26(33-22)31-25(32)21-9-7-6-8-10-21)24(20-13-11-17(2)12-14-20)30-27-28-18(3)15-19(4)29-27/h6-16,24H,5H2,1-4H3,(H,31,32)(H,28,29,30)/t24-/m1/s1. The summed E-state index contributed by atoms with van der Waals surface area (Å²) in [6.45, 7) is 8.13. The van der Waals surface area contributed by atoms with Crippen molar-refractivity contribution in [1.29, 1.82) is 0 Å². The number of anilines is 2. The molecule has 5 nitrogen and oxygen atoms in total. The molecule has 0 radical (unpaired) electrons. The number of nitrogens with one attached hydrogen (secondary N) is 2. The Labute approximate surface area is 198 Å². The van der Waals surface area contributed by atoms with Gasteiger partial charge in [-0.05, 0) is 57.0 Å².